The molecule has 2 aliphatic heterocycles. The van der Waals surface area contributed by atoms with Crippen LogP contribution in [0, 0.1) is 0 Å². The van der Waals surface area contributed by atoms with Crippen molar-refractivity contribution in [3.05, 3.63) is 109 Å². The van der Waals surface area contributed by atoms with Crippen molar-refractivity contribution in [3.63, 3.8) is 0 Å². The molecule has 14 heteroatoms. The number of hydrogen-bond acceptors (Lipinski definition) is 13. The van der Waals surface area contributed by atoms with Gasteiger partial charge in [-0.1, -0.05) is 245 Å². The molecule has 9 N–H and O–H groups in total. The van der Waals surface area contributed by atoms with Crippen LogP contribution < -0.4 is 5.32 Å². The lowest BCUT2D eigenvalue weighted by Crippen LogP contribution is -2.65. The summed E-state index contributed by atoms with van der Waals surface area (Å²) in [6.45, 7) is 2.72. The van der Waals surface area contributed by atoms with Gasteiger partial charge in [-0.15, -0.1) is 0 Å². The van der Waals surface area contributed by atoms with Crippen LogP contribution in [0.3, 0.4) is 0 Å². The number of allylic oxidation sites excluding steroid dienone is 18. The molecule has 2 saturated heterocycles. The van der Waals surface area contributed by atoms with Crippen LogP contribution in [-0.2, 0) is 23.7 Å². The average molecular weight is 1170 g/mol. The number of rotatable bonds is 51. The summed E-state index contributed by atoms with van der Waals surface area (Å²) < 4.78 is 22.8. The molecular formula is C69H117NO13. The van der Waals surface area contributed by atoms with Crippen LogP contribution in [0.25, 0.3) is 0 Å². The molecule has 0 bridgehead atoms. The Bertz CT molecular complexity index is 1810. The van der Waals surface area contributed by atoms with Crippen LogP contribution in [0.2, 0.25) is 0 Å². The van der Waals surface area contributed by atoms with Crippen molar-refractivity contribution in [3.8, 4) is 0 Å². The first-order valence-electron chi connectivity index (χ1n) is 32.6. The Morgan fingerprint density at radius 2 is 0.831 bits per heavy atom. The van der Waals surface area contributed by atoms with Crippen molar-refractivity contribution in [1.29, 1.82) is 0 Å². The summed E-state index contributed by atoms with van der Waals surface area (Å²) in [4.78, 5) is 13.3. The van der Waals surface area contributed by atoms with Crippen LogP contribution in [0.15, 0.2) is 109 Å². The fourth-order valence-corrected chi connectivity index (χ4v) is 10.1. The molecule has 12 atom stereocenters. The number of amides is 1. The molecular weight excluding hydrogens is 1050 g/mol. The summed E-state index contributed by atoms with van der Waals surface area (Å²) >= 11 is 0. The van der Waals surface area contributed by atoms with Gasteiger partial charge in [-0.2, -0.15) is 0 Å². The van der Waals surface area contributed by atoms with Gasteiger partial charge in [0.15, 0.2) is 12.6 Å². The maximum atomic E-state index is 13.3. The van der Waals surface area contributed by atoms with Gasteiger partial charge in [-0.25, -0.2) is 0 Å². The first-order valence-corrected chi connectivity index (χ1v) is 32.6. The van der Waals surface area contributed by atoms with Crippen molar-refractivity contribution in [2.75, 3.05) is 19.8 Å². The molecule has 0 radical (unpaired) electrons. The zero-order valence-corrected chi connectivity index (χ0v) is 51.4. The number of carbonyl (C=O) groups excluding carboxylic acids is 1. The van der Waals surface area contributed by atoms with Gasteiger partial charge in [0.25, 0.3) is 0 Å². The van der Waals surface area contributed by atoms with Gasteiger partial charge < -0.3 is 65.1 Å². The van der Waals surface area contributed by atoms with Crippen molar-refractivity contribution in [2.45, 2.75) is 299 Å². The highest BCUT2D eigenvalue weighted by atomic mass is 16.7. The van der Waals surface area contributed by atoms with Gasteiger partial charge in [-0.3, -0.25) is 4.79 Å². The van der Waals surface area contributed by atoms with Gasteiger partial charge in [-0.05, 0) is 83.5 Å². The lowest BCUT2D eigenvalue weighted by molar-refractivity contribution is -0.359. The van der Waals surface area contributed by atoms with Gasteiger partial charge in [0.2, 0.25) is 5.91 Å². The third-order valence-electron chi connectivity index (χ3n) is 15.3. The molecule has 2 rings (SSSR count). The number of ether oxygens (including phenoxy) is 4. The van der Waals surface area contributed by atoms with Crippen molar-refractivity contribution >= 4 is 5.91 Å². The lowest BCUT2D eigenvalue weighted by Gasteiger charge is -2.46. The smallest absolute Gasteiger partial charge is 0.220 e. The van der Waals surface area contributed by atoms with Crippen LogP contribution in [0.1, 0.15) is 226 Å². The lowest BCUT2D eigenvalue weighted by atomic mass is 9.97. The Balaban J connectivity index is 1.63. The van der Waals surface area contributed by atoms with Crippen LogP contribution in [-0.4, -0.2) is 140 Å². The fraction of sp³-hybridized carbons (Fsp3) is 0.725. The molecule has 12 unspecified atom stereocenters. The molecule has 0 saturated carbocycles. The number of nitrogens with one attached hydrogen (secondary N) is 1. The Labute approximate surface area is 502 Å². The number of aliphatic hydroxyl groups excluding tert-OH is 8. The second-order valence-corrected chi connectivity index (χ2v) is 22.5. The van der Waals surface area contributed by atoms with E-state index in [9.17, 15) is 45.6 Å². The van der Waals surface area contributed by atoms with Crippen LogP contribution in [0.4, 0.5) is 0 Å². The van der Waals surface area contributed by atoms with Gasteiger partial charge in [0.1, 0.15) is 48.8 Å². The van der Waals surface area contributed by atoms with E-state index in [0.717, 1.165) is 109 Å². The summed E-state index contributed by atoms with van der Waals surface area (Å²) in [6.07, 6.45) is 58.2. The summed E-state index contributed by atoms with van der Waals surface area (Å²) in [7, 11) is 0. The van der Waals surface area contributed by atoms with E-state index in [1.807, 2.05) is 0 Å². The third kappa shape index (κ3) is 37.7. The quantitative estimate of drug-likeness (QED) is 0.0204. The first-order chi connectivity index (χ1) is 40.6. The van der Waals surface area contributed by atoms with E-state index in [1.165, 1.54) is 83.5 Å². The number of aliphatic hydroxyl groups is 8. The molecule has 0 aromatic rings. The zero-order valence-electron chi connectivity index (χ0n) is 51.4. The highest BCUT2D eigenvalue weighted by Crippen LogP contribution is 2.30. The largest absolute Gasteiger partial charge is 0.394 e. The predicted molar refractivity (Wildman–Crippen MR) is 336 cm³/mol. The minimum atomic E-state index is -1.79. The maximum absolute atomic E-state index is 13.3. The molecule has 0 spiro atoms. The molecule has 14 nitrogen and oxygen atoms in total. The number of unbranched alkanes of at least 4 members (excludes halogenated alkanes) is 20. The molecule has 0 aromatic heterocycles. The second-order valence-electron chi connectivity index (χ2n) is 22.5. The van der Waals surface area contributed by atoms with E-state index in [0.29, 0.717) is 19.3 Å². The molecule has 83 heavy (non-hydrogen) atoms. The van der Waals surface area contributed by atoms with E-state index in [1.54, 1.807) is 0 Å². The van der Waals surface area contributed by atoms with Gasteiger partial charge in [0, 0.05) is 6.42 Å². The highest BCUT2D eigenvalue weighted by Gasteiger charge is 2.51. The average Bonchev–Trinajstić information content (AvgIpc) is 3.58. The minimum absolute atomic E-state index is 0.218. The standard InChI is InChI=1S/C69H117NO13/c1-3-5-7-9-11-13-15-17-18-19-20-21-22-23-24-25-26-27-28-29-30-31-32-33-34-35-36-37-38-39-40-41-43-45-47-49-51-53-61(74)70-57(58(73)52-50-48-46-44-42-16-14-12-10-8-6-4-2)56-80-68-66(79)64(77)67(60(55-72)82-68)83-69-65(78)63(76)62(75)59(54-71)81-69/h5,7,11,13,17-18,20-21,23-24,26-27,29-30,32-33,35-36,57-60,62-69,71-73,75-79H,3-4,6,8-10,12,14-16,19,22,25,28,31,34,37-56H2,1-2H3,(H,70,74)/b7-5-,13-11-,18-17-,21-20-,24-23-,27-26-,30-29-,33-32-,36-35-. The highest BCUT2D eigenvalue weighted by molar-refractivity contribution is 5.76. The number of carbonyl (C=O) groups is 1. The first kappa shape index (κ1) is 75.7. The van der Waals surface area contributed by atoms with Gasteiger partial charge >= 0.3 is 0 Å². The van der Waals surface area contributed by atoms with E-state index in [2.05, 4.69) is 129 Å². The molecule has 0 aromatic carbocycles. The van der Waals surface area contributed by atoms with Crippen LogP contribution >= 0.6 is 0 Å². The fourth-order valence-electron chi connectivity index (χ4n) is 10.1. The van der Waals surface area contributed by atoms with E-state index < -0.39 is 86.8 Å². The molecule has 0 aliphatic carbocycles. The topological polar surface area (TPSA) is 228 Å². The molecule has 2 fully saturated rings. The van der Waals surface area contributed by atoms with E-state index in [-0.39, 0.29) is 12.5 Å². The van der Waals surface area contributed by atoms with Crippen molar-refractivity contribution in [2.24, 2.45) is 0 Å². The monoisotopic (exact) mass is 1170 g/mol. The summed E-state index contributed by atoms with van der Waals surface area (Å²) in [5, 5.41) is 87.2. The van der Waals surface area contributed by atoms with E-state index in [4.69, 9.17) is 18.9 Å². The zero-order chi connectivity index (χ0) is 60.2. The molecule has 476 valence electrons. The summed E-state index contributed by atoms with van der Waals surface area (Å²) in [5.74, 6) is -0.218. The van der Waals surface area contributed by atoms with Crippen molar-refractivity contribution in [1.82, 2.24) is 5.32 Å². The Morgan fingerprint density at radius 3 is 1.28 bits per heavy atom. The Morgan fingerprint density at radius 1 is 0.446 bits per heavy atom. The van der Waals surface area contributed by atoms with E-state index >= 15 is 0 Å². The normalized spacial score (nSPS) is 24.6. The minimum Gasteiger partial charge on any atom is -0.394 e. The molecule has 1 amide bonds. The number of hydrogen-bond donors (Lipinski definition) is 9. The third-order valence-corrected chi connectivity index (χ3v) is 15.3. The van der Waals surface area contributed by atoms with Crippen LogP contribution in [0.5, 0.6) is 0 Å². The van der Waals surface area contributed by atoms with Crippen molar-refractivity contribution < 1.29 is 64.6 Å². The SMILES string of the molecule is CC/C=C\C/C=C\C/C=C\C/C=C\C/C=C\C/C=C\C/C=C\C/C=C\C/C=C\CCCCCCCCCCCC(=O)NC(COC1OC(CO)C(OC2OC(CO)C(O)C(O)C2O)C(O)C1O)C(O)CCCCCCCCCCCCCC. The summed E-state index contributed by atoms with van der Waals surface area (Å²) in [6, 6.07) is -0.838. The molecule has 2 aliphatic rings. The summed E-state index contributed by atoms with van der Waals surface area (Å²) in [5.41, 5.74) is 0. The maximum Gasteiger partial charge on any atom is 0.220 e. The Hall–Kier alpha value is -3.35. The second kappa shape index (κ2) is 52.9. The Kier molecular flexibility index (Phi) is 48.3. The molecule has 2 heterocycles. The predicted octanol–water partition coefficient (Wildman–Crippen LogP) is 12.4. The van der Waals surface area contributed by atoms with Gasteiger partial charge in [0.05, 0.1) is 32.0 Å².